The van der Waals surface area contributed by atoms with E-state index < -0.39 is 5.60 Å². The third kappa shape index (κ3) is 3.50. The van der Waals surface area contributed by atoms with Gasteiger partial charge >= 0.3 is 0 Å². The van der Waals surface area contributed by atoms with Crippen molar-refractivity contribution in [2.45, 2.75) is 96.3 Å². The van der Waals surface area contributed by atoms with E-state index in [0.717, 1.165) is 38.1 Å². The molecular weight excluding hydrogens is 410 g/mol. The van der Waals surface area contributed by atoms with E-state index in [1.165, 1.54) is 38.5 Å². The van der Waals surface area contributed by atoms with Crippen LogP contribution in [0.15, 0.2) is 12.4 Å². The molecule has 2 N–H and O–H groups in total. The lowest BCUT2D eigenvalue weighted by molar-refractivity contribution is -0.157. The first kappa shape index (κ1) is 22.1. The quantitative estimate of drug-likeness (QED) is 0.691. The molecule has 0 bridgehead atoms. The molecule has 0 aliphatic heterocycles. The van der Waals surface area contributed by atoms with Crippen LogP contribution in [-0.4, -0.2) is 31.7 Å². The zero-order valence-corrected chi connectivity index (χ0v) is 20.4. The molecule has 0 spiro atoms. The smallest absolute Gasteiger partial charge is 0.102 e. The second-order valence-corrected chi connectivity index (χ2v) is 13.0. The van der Waals surface area contributed by atoms with Gasteiger partial charge in [0.1, 0.15) is 6.07 Å². The Morgan fingerprint density at radius 1 is 1.15 bits per heavy atom. The van der Waals surface area contributed by atoms with Gasteiger partial charge in [-0.25, -0.2) is 0 Å². The zero-order chi connectivity index (χ0) is 23.0. The molecule has 5 aliphatic rings. The number of aliphatic hydroxyl groups is 2. The minimum Gasteiger partial charge on any atom is -0.393 e. The van der Waals surface area contributed by atoms with Crippen LogP contribution in [0.25, 0.3) is 0 Å². The van der Waals surface area contributed by atoms with Crippen molar-refractivity contribution in [1.29, 1.82) is 5.26 Å². The monoisotopic (exact) mass is 451 g/mol. The Kier molecular flexibility index (Phi) is 5.24. The van der Waals surface area contributed by atoms with Crippen molar-refractivity contribution in [2.24, 2.45) is 52.8 Å². The van der Waals surface area contributed by atoms with Crippen LogP contribution in [-0.2, 0) is 6.54 Å². The van der Waals surface area contributed by atoms with Crippen molar-refractivity contribution in [3.8, 4) is 6.07 Å². The predicted octanol–water partition coefficient (Wildman–Crippen LogP) is 4.77. The Morgan fingerprint density at radius 3 is 2.70 bits per heavy atom. The number of aliphatic hydroxyl groups excluding tert-OH is 1. The van der Waals surface area contributed by atoms with Crippen molar-refractivity contribution < 1.29 is 10.2 Å². The summed E-state index contributed by atoms with van der Waals surface area (Å²) in [6, 6.07) is 2.19. The van der Waals surface area contributed by atoms with Crippen LogP contribution in [0, 0.1) is 64.1 Å². The Labute approximate surface area is 198 Å². The van der Waals surface area contributed by atoms with Gasteiger partial charge in [-0.05, 0) is 117 Å². The van der Waals surface area contributed by atoms with E-state index in [9.17, 15) is 10.2 Å². The van der Waals surface area contributed by atoms with Crippen LogP contribution in [0.4, 0.5) is 0 Å². The van der Waals surface area contributed by atoms with Gasteiger partial charge in [0.15, 0.2) is 0 Å². The van der Waals surface area contributed by atoms with Crippen LogP contribution >= 0.6 is 0 Å². The summed E-state index contributed by atoms with van der Waals surface area (Å²) in [5.74, 6) is 4.69. The lowest BCUT2D eigenvalue weighted by Gasteiger charge is -2.59. The van der Waals surface area contributed by atoms with Crippen molar-refractivity contribution in [1.82, 2.24) is 9.78 Å². The van der Waals surface area contributed by atoms with Crippen molar-refractivity contribution in [3.05, 3.63) is 18.0 Å². The molecule has 1 unspecified atom stereocenters. The molecule has 0 aromatic carbocycles. The summed E-state index contributed by atoms with van der Waals surface area (Å²) in [5.41, 5.74) is 0.432. The number of hydrogen-bond donors (Lipinski definition) is 2. The highest BCUT2D eigenvalue weighted by molar-refractivity contribution is 5.21. The van der Waals surface area contributed by atoms with Gasteiger partial charge in [0.2, 0.25) is 0 Å². The molecular formula is C28H41N3O2. The summed E-state index contributed by atoms with van der Waals surface area (Å²) in [6.07, 6.45) is 14.8. The molecule has 5 saturated carbocycles. The maximum Gasteiger partial charge on any atom is 0.102 e. The van der Waals surface area contributed by atoms with E-state index in [0.29, 0.717) is 47.0 Å². The van der Waals surface area contributed by atoms with Crippen molar-refractivity contribution >= 4 is 0 Å². The van der Waals surface area contributed by atoms with E-state index in [1.807, 2.05) is 10.9 Å². The molecule has 1 heterocycles. The van der Waals surface area contributed by atoms with E-state index in [-0.39, 0.29) is 11.5 Å². The number of nitrogens with zero attached hydrogens (tertiary/aromatic N) is 3. The van der Waals surface area contributed by atoms with E-state index in [4.69, 9.17) is 5.26 Å². The van der Waals surface area contributed by atoms with Gasteiger partial charge < -0.3 is 10.2 Å². The highest BCUT2D eigenvalue weighted by Gasteiger charge is 2.61. The largest absolute Gasteiger partial charge is 0.393 e. The first-order valence-electron chi connectivity index (χ1n) is 13.7. The molecule has 5 nitrogen and oxygen atoms in total. The Balaban J connectivity index is 1.19. The highest BCUT2D eigenvalue weighted by Crippen LogP contribution is 2.66. The molecule has 33 heavy (non-hydrogen) atoms. The molecule has 5 heteroatoms. The molecule has 5 aliphatic carbocycles. The van der Waals surface area contributed by atoms with Crippen molar-refractivity contribution in [3.63, 3.8) is 0 Å². The van der Waals surface area contributed by atoms with Gasteiger partial charge in [-0.3, -0.25) is 4.68 Å². The van der Waals surface area contributed by atoms with Gasteiger partial charge in [0.25, 0.3) is 0 Å². The number of nitriles is 1. The standard InChI is InChI=1S/C28H41N3O2/c1-17(15-31-16-18(13-29)14-30-31)23-7-8-24-22-6-3-19-11-28(33,20-4-5-20)10-9-21(19)26(22)25(32)12-27(23,24)2/h14,16-17,19-26,32-33H,3-12,15H2,1-2H3/t17-,19-,21+,22+,23-,24+,25?,26-,27-,28-/m1/s1. The number of rotatable bonds is 4. The Morgan fingerprint density at radius 2 is 1.97 bits per heavy atom. The summed E-state index contributed by atoms with van der Waals surface area (Å²) in [4.78, 5) is 0. The van der Waals surface area contributed by atoms with Gasteiger partial charge in [0.05, 0.1) is 23.5 Å². The van der Waals surface area contributed by atoms with Gasteiger partial charge in [-0.1, -0.05) is 13.8 Å². The second-order valence-electron chi connectivity index (χ2n) is 13.0. The van der Waals surface area contributed by atoms with E-state index >= 15 is 0 Å². The average Bonchev–Trinajstić information content (AvgIpc) is 3.47. The fourth-order valence-corrected chi connectivity index (χ4v) is 9.89. The maximum absolute atomic E-state index is 11.6. The third-order valence-electron chi connectivity index (χ3n) is 11.3. The molecule has 0 amide bonds. The SMILES string of the molecule is C[C@H](Cn1cc(C#N)cn1)[C@H]1CC[C@H]2[C@@H]3CC[C@@H]4C[C@@](O)(C5CC5)CC[C@@H]4[C@H]3C(O)C[C@]12C. The summed E-state index contributed by atoms with van der Waals surface area (Å²) in [5, 5.41) is 36.4. The summed E-state index contributed by atoms with van der Waals surface area (Å²) in [7, 11) is 0. The predicted molar refractivity (Wildman–Crippen MR) is 126 cm³/mol. The summed E-state index contributed by atoms with van der Waals surface area (Å²) >= 11 is 0. The minimum absolute atomic E-state index is 0.195. The van der Waals surface area contributed by atoms with Gasteiger partial charge in [-0.2, -0.15) is 10.4 Å². The highest BCUT2D eigenvalue weighted by atomic mass is 16.3. The van der Waals surface area contributed by atoms with Crippen molar-refractivity contribution in [2.75, 3.05) is 0 Å². The molecule has 0 radical (unpaired) electrons. The Hall–Kier alpha value is -1.38. The fraction of sp³-hybridized carbons (Fsp3) is 0.857. The van der Waals surface area contributed by atoms with Crippen LogP contribution in [0.3, 0.4) is 0 Å². The lowest BCUT2D eigenvalue weighted by Crippen LogP contribution is -2.56. The minimum atomic E-state index is -0.395. The number of aromatic nitrogens is 2. The first-order valence-corrected chi connectivity index (χ1v) is 13.7. The Bertz CT molecular complexity index is 934. The first-order chi connectivity index (χ1) is 15.8. The normalized spacial score (nSPS) is 47.8. The molecule has 0 saturated heterocycles. The molecule has 1 aromatic heterocycles. The third-order valence-corrected chi connectivity index (χ3v) is 11.3. The average molecular weight is 452 g/mol. The number of fused-ring (bicyclic) bond motifs is 5. The zero-order valence-electron chi connectivity index (χ0n) is 20.4. The van der Waals surface area contributed by atoms with Gasteiger partial charge in [0, 0.05) is 12.7 Å². The van der Waals surface area contributed by atoms with Gasteiger partial charge in [-0.15, -0.1) is 0 Å². The van der Waals surface area contributed by atoms with Crippen LogP contribution in [0.5, 0.6) is 0 Å². The molecule has 1 aromatic rings. The van der Waals surface area contributed by atoms with E-state index in [2.05, 4.69) is 25.0 Å². The van der Waals surface area contributed by atoms with Crippen LogP contribution in [0.1, 0.15) is 83.6 Å². The molecule has 10 atom stereocenters. The summed E-state index contributed by atoms with van der Waals surface area (Å²) in [6.45, 7) is 5.68. The van der Waals surface area contributed by atoms with Crippen LogP contribution in [0.2, 0.25) is 0 Å². The topological polar surface area (TPSA) is 82.1 Å². The number of hydrogen-bond acceptors (Lipinski definition) is 4. The molecule has 180 valence electrons. The lowest BCUT2D eigenvalue weighted by atomic mass is 9.47. The summed E-state index contributed by atoms with van der Waals surface area (Å²) < 4.78 is 1.94. The fourth-order valence-electron chi connectivity index (χ4n) is 9.89. The maximum atomic E-state index is 11.6. The molecule has 6 rings (SSSR count). The van der Waals surface area contributed by atoms with Crippen LogP contribution < -0.4 is 0 Å². The molecule has 5 fully saturated rings. The van der Waals surface area contributed by atoms with E-state index in [1.54, 1.807) is 6.20 Å². The second kappa shape index (κ2) is 7.82.